The van der Waals surface area contributed by atoms with Crippen LogP contribution in [0.3, 0.4) is 0 Å². The summed E-state index contributed by atoms with van der Waals surface area (Å²) in [5.41, 5.74) is 7.88. The maximum Gasteiger partial charge on any atom is 0.151 e. The average molecular weight is 281 g/mol. The van der Waals surface area contributed by atoms with E-state index >= 15 is 0 Å². The van der Waals surface area contributed by atoms with Crippen LogP contribution in [0.1, 0.15) is 18.1 Å². The molecule has 0 aromatic heterocycles. The maximum atomic E-state index is 7.34. The summed E-state index contributed by atoms with van der Waals surface area (Å²) in [5, 5.41) is 15.3. The zero-order valence-corrected chi connectivity index (χ0v) is 12.2. The number of nitrogens with two attached hydrogens (primary N) is 1. The number of hydrogen-bond acceptors (Lipinski definition) is 4. The average Bonchev–Trinajstić information content (AvgIpc) is 2.30. The van der Waals surface area contributed by atoms with Crippen molar-refractivity contribution in [1.29, 1.82) is 10.8 Å². The summed E-state index contributed by atoms with van der Waals surface area (Å²) in [4.78, 5) is 0. The van der Waals surface area contributed by atoms with Crippen molar-refractivity contribution in [2.75, 3.05) is 11.5 Å². The van der Waals surface area contributed by atoms with Gasteiger partial charge >= 0.3 is 0 Å². The molecule has 0 bridgehead atoms. The summed E-state index contributed by atoms with van der Waals surface area (Å²) in [7, 11) is 0. The molecule has 1 aromatic rings. The Bertz CT molecular complexity index is 362. The van der Waals surface area contributed by atoms with Gasteiger partial charge in [-0.2, -0.15) is 0 Å². The minimum atomic E-state index is 0.186. The quantitative estimate of drug-likeness (QED) is 0.554. The smallest absolute Gasteiger partial charge is 0.151 e. The van der Waals surface area contributed by atoms with Crippen molar-refractivity contribution in [3.05, 3.63) is 35.4 Å². The van der Waals surface area contributed by atoms with Crippen LogP contribution >= 0.6 is 23.5 Å². The van der Waals surface area contributed by atoms with Crippen molar-refractivity contribution in [3.8, 4) is 0 Å². The summed E-state index contributed by atoms with van der Waals surface area (Å²) in [6, 6.07) is 8.57. The molecule has 0 atom stereocenters. The summed E-state index contributed by atoms with van der Waals surface area (Å²) >= 11 is 2.97. The molecule has 0 unspecified atom stereocenters. The summed E-state index contributed by atoms with van der Waals surface area (Å²) in [6.45, 7) is 1.82. The van der Waals surface area contributed by atoms with Gasteiger partial charge in [-0.3, -0.25) is 10.8 Å². The van der Waals surface area contributed by atoms with Gasteiger partial charge in [-0.25, -0.2) is 0 Å². The topological polar surface area (TPSA) is 73.7 Å². The molecule has 1 rings (SSSR count). The number of benzene rings is 1. The molecule has 5 heteroatoms. The Kier molecular flexibility index (Phi) is 6.90. The third-order valence-electron chi connectivity index (χ3n) is 2.38. The van der Waals surface area contributed by atoms with Crippen LogP contribution in [-0.4, -0.2) is 21.7 Å². The van der Waals surface area contributed by atoms with Gasteiger partial charge in [0.15, 0.2) is 5.17 Å². The van der Waals surface area contributed by atoms with Crippen LogP contribution in [0.15, 0.2) is 24.3 Å². The SMILES string of the molecule is CC(=N)SCCc1ccc(CCSC(=N)N)cc1. The van der Waals surface area contributed by atoms with E-state index in [2.05, 4.69) is 24.3 Å². The van der Waals surface area contributed by atoms with Gasteiger partial charge in [0.2, 0.25) is 0 Å². The lowest BCUT2D eigenvalue weighted by atomic mass is 10.1. The van der Waals surface area contributed by atoms with Crippen molar-refractivity contribution in [2.45, 2.75) is 19.8 Å². The zero-order chi connectivity index (χ0) is 13.4. The van der Waals surface area contributed by atoms with Crippen molar-refractivity contribution in [3.63, 3.8) is 0 Å². The van der Waals surface area contributed by atoms with Crippen molar-refractivity contribution >= 4 is 33.7 Å². The van der Waals surface area contributed by atoms with Crippen LogP contribution in [0.4, 0.5) is 0 Å². The van der Waals surface area contributed by atoms with Crippen LogP contribution in [0, 0.1) is 10.8 Å². The second-order valence-corrected chi connectivity index (χ2v) is 6.38. The molecule has 1 aromatic carbocycles. The van der Waals surface area contributed by atoms with E-state index in [0.717, 1.165) is 24.3 Å². The highest BCUT2D eigenvalue weighted by Crippen LogP contribution is 2.11. The van der Waals surface area contributed by atoms with Gasteiger partial charge in [-0.1, -0.05) is 36.0 Å². The van der Waals surface area contributed by atoms with E-state index in [4.69, 9.17) is 16.6 Å². The first-order valence-electron chi connectivity index (χ1n) is 5.80. The second kappa shape index (κ2) is 8.21. The standard InChI is InChI=1S/C13H19N3S2/c1-10(14)17-8-6-11-2-4-12(5-3-11)7-9-18-13(15)16/h2-5,14H,6-9H2,1H3,(H3,15,16). The normalized spacial score (nSPS) is 10.3. The van der Waals surface area contributed by atoms with E-state index < -0.39 is 0 Å². The molecule has 3 nitrogen and oxygen atoms in total. The van der Waals surface area contributed by atoms with E-state index in [1.807, 2.05) is 6.92 Å². The maximum absolute atomic E-state index is 7.34. The van der Waals surface area contributed by atoms with Gasteiger partial charge in [-0.15, -0.1) is 11.8 Å². The van der Waals surface area contributed by atoms with Crippen molar-refractivity contribution in [1.82, 2.24) is 0 Å². The number of thioether (sulfide) groups is 2. The molecule has 4 N–H and O–H groups in total. The molecule has 0 saturated heterocycles. The first-order valence-corrected chi connectivity index (χ1v) is 7.77. The van der Waals surface area contributed by atoms with E-state index in [1.54, 1.807) is 11.8 Å². The molecular formula is C13H19N3S2. The Morgan fingerprint density at radius 1 is 1.00 bits per heavy atom. The molecular weight excluding hydrogens is 262 g/mol. The highest BCUT2D eigenvalue weighted by molar-refractivity contribution is 8.13. The molecule has 0 amide bonds. The Morgan fingerprint density at radius 2 is 1.44 bits per heavy atom. The zero-order valence-electron chi connectivity index (χ0n) is 10.5. The van der Waals surface area contributed by atoms with Gasteiger partial charge in [0.1, 0.15) is 0 Å². The summed E-state index contributed by atoms with van der Waals surface area (Å²) in [5.74, 6) is 1.83. The third kappa shape index (κ3) is 6.71. The molecule has 0 aliphatic heterocycles. The molecule has 0 radical (unpaired) electrons. The van der Waals surface area contributed by atoms with Crippen LogP contribution < -0.4 is 5.73 Å². The Labute approximate surface area is 117 Å². The minimum Gasteiger partial charge on any atom is -0.379 e. The van der Waals surface area contributed by atoms with Crippen LogP contribution in [0.2, 0.25) is 0 Å². The lowest BCUT2D eigenvalue weighted by molar-refractivity contribution is 1.12. The van der Waals surface area contributed by atoms with Crippen LogP contribution in [0.5, 0.6) is 0 Å². The third-order valence-corrected chi connectivity index (χ3v) is 3.94. The largest absolute Gasteiger partial charge is 0.379 e. The van der Waals surface area contributed by atoms with E-state index in [0.29, 0.717) is 5.04 Å². The minimum absolute atomic E-state index is 0.186. The van der Waals surface area contributed by atoms with E-state index in [-0.39, 0.29) is 5.17 Å². The van der Waals surface area contributed by atoms with Crippen molar-refractivity contribution < 1.29 is 0 Å². The van der Waals surface area contributed by atoms with Gasteiger partial charge in [-0.05, 0) is 30.9 Å². The number of aryl methyl sites for hydroxylation is 2. The lowest BCUT2D eigenvalue weighted by Crippen LogP contribution is -2.05. The molecule has 0 spiro atoms. The van der Waals surface area contributed by atoms with Crippen molar-refractivity contribution in [2.24, 2.45) is 5.73 Å². The molecule has 0 heterocycles. The fraction of sp³-hybridized carbons (Fsp3) is 0.385. The van der Waals surface area contributed by atoms with Gasteiger partial charge in [0.05, 0.1) is 5.04 Å². The highest BCUT2D eigenvalue weighted by atomic mass is 32.2. The fourth-order valence-corrected chi connectivity index (χ4v) is 2.68. The second-order valence-electron chi connectivity index (χ2n) is 3.93. The van der Waals surface area contributed by atoms with E-state index in [9.17, 15) is 0 Å². The number of nitrogens with one attached hydrogen (secondary N) is 2. The Morgan fingerprint density at radius 3 is 1.83 bits per heavy atom. The Hall–Kier alpha value is -0.940. The number of amidine groups is 1. The summed E-state index contributed by atoms with van der Waals surface area (Å²) in [6.07, 6.45) is 1.95. The van der Waals surface area contributed by atoms with Gasteiger partial charge in [0.25, 0.3) is 0 Å². The predicted molar refractivity (Wildman–Crippen MR) is 84.1 cm³/mol. The number of rotatable bonds is 6. The molecule has 0 aliphatic rings. The number of hydrogen-bond donors (Lipinski definition) is 3. The fourth-order valence-electron chi connectivity index (χ4n) is 1.47. The molecule has 18 heavy (non-hydrogen) atoms. The van der Waals surface area contributed by atoms with Crippen LogP contribution in [-0.2, 0) is 12.8 Å². The molecule has 0 fully saturated rings. The van der Waals surface area contributed by atoms with Gasteiger partial charge < -0.3 is 5.73 Å². The first-order chi connectivity index (χ1) is 8.58. The molecule has 0 aliphatic carbocycles. The van der Waals surface area contributed by atoms with Gasteiger partial charge in [0, 0.05) is 11.5 Å². The highest BCUT2D eigenvalue weighted by Gasteiger charge is 1.98. The summed E-state index contributed by atoms with van der Waals surface area (Å²) < 4.78 is 0. The molecule has 98 valence electrons. The lowest BCUT2D eigenvalue weighted by Gasteiger charge is -2.04. The predicted octanol–water partition coefficient (Wildman–Crippen LogP) is 3.13. The van der Waals surface area contributed by atoms with Crippen LogP contribution in [0.25, 0.3) is 0 Å². The first kappa shape index (κ1) is 15.1. The monoisotopic (exact) mass is 281 g/mol. The Balaban J connectivity index is 2.33. The molecule has 0 saturated carbocycles. The van der Waals surface area contributed by atoms with E-state index in [1.165, 1.54) is 22.9 Å².